The Morgan fingerprint density at radius 2 is 1.81 bits per heavy atom. The average molecular weight is 479 g/mol. The second-order valence-corrected chi connectivity index (χ2v) is 11.0. The number of benzene rings is 2. The molecule has 0 radical (unpaired) electrons. The molecule has 0 spiro atoms. The summed E-state index contributed by atoms with van der Waals surface area (Å²) in [5.41, 5.74) is 1.01. The van der Waals surface area contributed by atoms with Crippen molar-refractivity contribution in [3.8, 4) is 5.75 Å². The molecule has 1 fully saturated rings. The van der Waals surface area contributed by atoms with Gasteiger partial charge in [-0.15, -0.1) is 0 Å². The number of rotatable bonds is 8. The molecule has 1 amide bonds. The number of ether oxygens (including phenoxy) is 1. The van der Waals surface area contributed by atoms with Crippen LogP contribution in [0.4, 0.5) is 0 Å². The number of sulfonamides is 1. The highest BCUT2D eigenvalue weighted by molar-refractivity contribution is 7.89. The van der Waals surface area contributed by atoms with Gasteiger partial charge in [0, 0.05) is 18.1 Å². The number of hydrogen-bond donors (Lipinski definition) is 1. The van der Waals surface area contributed by atoms with Crippen molar-refractivity contribution in [2.24, 2.45) is 11.8 Å². The number of hydrogen-bond acceptors (Lipinski definition) is 4. The van der Waals surface area contributed by atoms with Gasteiger partial charge in [0.15, 0.2) is 0 Å². The van der Waals surface area contributed by atoms with E-state index in [2.05, 4.69) is 19.2 Å². The highest BCUT2D eigenvalue weighted by Gasteiger charge is 2.34. The molecule has 1 aliphatic heterocycles. The van der Waals surface area contributed by atoms with Crippen LogP contribution < -0.4 is 10.1 Å². The molecule has 1 aliphatic rings. The predicted molar refractivity (Wildman–Crippen MR) is 126 cm³/mol. The summed E-state index contributed by atoms with van der Waals surface area (Å²) in [6.45, 7) is 4.81. The molecule has 8 heteroatoms. The van der Waals surface area contributed by atoms with Crippen molar-refractivity contribution in [3.63, 3.8) is 0 Å². The van der Waals surface area contributed by atoms with Crippen molar-refractivity contribution in [3.05, 3.63) is 59.1 Å². The van der Waals surface area contributed by atoms with Gasteiger partial charge in [0.05, 0.1) is 24.0 Å². The fraction of sp³-hybridized carbons (Fsp3) is 0.458. The zero-order valence-corrected chi connectivity index (χ0v) is 20.3. The van der Waals surface area contributed by atoms with Crippen molar-refractivity contribution >= 4 is 27.5 Å². The van der Waals surface area contributed by atoms with Gasteiger partial charge in [-0.2, -0.15) is 4.31 Å². The second kappa shape index (κ2) is 10.7. The summed E-state index contributed by atoms with van der Waals surface area (Å²) in [6.07, 6.45) is 2.09. The molecule has 2 aromatic carbocycles. The summed E-state index contributed by atoms with van der Waals surface area (Å²) in [5, 5.41) is 3.65. The van der Waals surface area contributed by atoms with E-state index in [0.717, 1.165) is 17.7 Å². The lowest BCUT2D eigenvalue weighted by Crippen LogP contribution is -2.46. The normalized spacial score (nSPS) is 18.3. The molecule has 1 heterocycles. The van der Waals surface area contributed by atoms with Crippen LogP contribution in [-0.4, -0.2) is 38.8 Å². The number of nitrogens with one attached hydrogen (secondary N) is 1. The lowest BCUT2D eigenvalue weighted by atomic mass is 9.94. The molecule has 0 unspecified atom stereocenters. The van der Waals surface area contributed by atoms with Crippen LogP contribution in [0.15, 0.2) is 53.4 Å². The first-order valence-corrected chi connectivity index (χ1v) is 12.7. The van der Waals surface area contributed by atoms with Crippen LogP contribution in [0.2, 0.25) is 5.02 Å². The van der Waals surface area contributed by atoms with Gasteiger partial charge in [0.2, 0.25) is 15.9 Å². The number of nitrogens with zero attached hydrogens (tertiary/aromatic N) is 1. The lowest BCUT2D eigenvalue weighted by molar-refractivity contribution is -0.127. The molecule has 0 aliphatic carbocycles. The van der Waals surface area contributed by atoms with E-state index in [1.807, 2.05) is 24.3 Å². The van der Waals surface area contributed by atoms with Crippen LogP contribution >= 0.6 is 11.6 Å². The third kappa shape index (κ3) is 6.03. The Hall–Kier alpha value is -2.09. The van der Waals surface area contributed by atoms with Gasteiger partial charge < -0.3 is 10.1 Å². The fourth-order valence-electron chi connectivity index (χ4n) is 4.01. The Balaban J connectivity index is 1.72. The summed E-state index contributed by atoms with van der Waals surface area (Å²) in [5.74, 6) is 0.649. The zero-order valence-electron chi connectivity index (χ0n) is 18.8. The summed E-state index contributed by atoms with van der Waals surface area (Å²) in [4.78, 5) is 13.4. The van der Waals surface area contributed by atoms with Crippen LogP contribution in [0.1, 0.15) is 44.7 Å². The van der Waals surface area contributed by atoms with Gasteiger partial charge in [-0.25, -0.2) is 8.42 Å². The van der Waals surface area contributed by atoms with Crippen LogP contribution in [0.3, 0.4) is 0 Å². The van der Waals surface area contributed by atoms with Crippen LogP contribution in [0, 0.1) is 11.8 Å². The first-order chi connectivity index (χ1) is 15.2. The van der Waals surface area contributed by atoms with E-state index in [4.69, 9.17) is 16.3 Å². The maximum atomic E-state index is 13.2. The summed E-state index contributed by atoms with van der Waals surface area (Å²) in [6, 6.07) is 13.7. The van der Waals surface area contributed by atoms with Gasteiger partial charge in [-0.05, 0) is 67.1 Å². The van der Waals surface area contributed by atoms with E-state index < -0.39 is 15.9 Å². The highest BCUT2D eigenvalue weighted by atomic mass is 35.5. The summed E-state index contributed by atoms with van der Waals surface area (Å²) < 4.78 is 32.8. The standard InChI is InChI=1S/C24H31ClN2O4S/c1-17(2)15-23(18-6-10-21(31-3)11-7-18)26-24(28)19-5-4-14-27(16-19)32(29,30)22-12-8-20(25)9-13-22/h6-13,17,19,23H,4-5,14-16H2,1-3H3,(H,26,28)/t19-,23-/m0/s1. The Morgan fingerprint density at radius 1 is 1.16 bits per heavy atom. The maximum absolute atomic E-state index is 13.2. The minimum absolute atomic E-state index is 0.109. The molecule has 3 rings (SSSR count). The van der Waals surface area contributed by atoms with Crippen molar-refractivity contribution in [1.29, 1.82) is 0 Å². The molecule has 2 aromatic rings. The van der Waals surface area contributed by atoms with Crippen molar-refractivity contribution in [2.75, 3.05) is 20.2 Å². The topological polar surface area (TPSA) is 75.7 Å². The Labute approximate surface area is 196 Å². The van der Waals surface area contributed by atoms with E-state index in [1.165, 1.54) is 16.4 Å². The van der Waals surface area contributed by atoms with Gasteiger partial charge >= 0.3 is 0 Å². The summed E-state index contributed by atoms with van der Waals surface area (Å²) in [7, 11) is -2.05. The van der Waals surface area contributed by atoms with E-state index in [1.54, 1.807) is 19.2 Å². The smallest absolute Gasteiger partial charge is 0.243 e. The van der Waals surface area contributed by atoms with E-state index >= 15 is 0 Å². The van der Waals surface area contributed by atoms with Gasteiger partial charge in [-0.3, -0.25) is 4.79 Å². The number of methoxy groups -OCH3 is 1. The Morgan fingerprint density at radius 3 is 2.41 bits per heavy atom. The predicted octanol–water partition coefficient (Wildman–Crippen LogP) is 4.65. The molecule has 0 bridgehead atoms. The fourth-order valence-corrected chi connectivity index (χ4v) is 5.66. The zero-order chi connectivity index (χ0) is 23.3. The maximum Gasteiger partial charge on any atom is 0.243 e. The molecular formula is C24H31ClN2O4S. The molecule has 0 saturated carbocycles. The highest BCUT2D eigenvalue weighted by Crippen LogP contribution is 2.27. The first-order valence-electron chi connectivity index (χ1n) is 10.9. The molecule has 174 valence electrons. The van der Waals surface area contributed by atoms with Crippen LogP contribution in [0.5, 0.6) is 5.75 Å². The average Bonchev–Trinajstić information content (AvgIpc) is 2.78. The van der Waals surface area contributed by atoms with Crippen molar-refractivity contribution in [1.82, 2.24) is 9.62 Å². The van der Waals surface area contributed by atoms with E-state index in [-0.39, 0.29) is 23.4 Å². The number of halogens is 1. The molecular weight excluding hydrogens is 448 g/mol. The lowest BCUT2D eigenvalue weighted by Gasteiger charge is -2.32. The van der Waals surface area contributed by atoms with E-state index in [0.29, 0.717) is 30.3 Å². The molecule has 2 atom stereocenters. The number of amides is 1. The molecule has 0 aromatic heterocycles. The molecule has 1 saturated heterocycles. The summed E-state index contributed by atoms with van der Waals surface area (Å²) >= 11 is 5.90. The van der Waals surface area contributed by atoms with Gasteiger partial charge in [-0.1, -0.05) is 37.6 Å². The third-order valence-corrected chi connectivity index (χ3v) is 7.88. The van der Waals surface area contributed by atoms with Gasteiger partial charge in [0.25, 0.3) is 0 Å². The first kappa shape index (κ1) is 24.6. The van der Waals surface area contributed by atoms with Crippen molar-refractivity contribution in [2.45, 2.75) is 44.0 Å². The number of carbonyl (C=O) groups is 1. The van der Waals surface area contributed by atoms with Crippen LogP contribution in [-0.2, 0) is 14.8 Å². The largest absolute Gasteiger partial charge is 0.497 e. The Bertz CT molecular complexity index is 1010. The third-order valence-electron chi connectivity index (χ3n) is 5.75. The minimum Gasteiger partial charge on any atom is -0.497 e. The Kier molecular flexibility index (Phi) is 8.20. The minimum atomic E-state index is -3.67. The second-order valence-electron chi connectivity index (χ2n) is 8.62. The SMILES string of the molecule is COc1ccc([C@H](CC(C)C)NC(=O)[C@H]2CCCN(S(=O)(=O)c3ccc(Cl)cc3)C2)cc1. The van der Waals surface area contributed by atoms with Crippen LogP contribution in [0.25, 0.3) is 0 Å². The monoisotopic (exact) mass is 478 g/mol. The number of carbonyl (C=O) groups excluding carboxylic acids is 1. The number of piperidine rings is 1. The van der Waals surface area contributed by atoms with Crippen molar-refractivity contribution < 1.29 is 17.9 Å². The molecule has 32 heavy (non-hydrogen) atoms. The van der Waals surface area contributed by atoms with Gasteiger partial charge in [0.1, 0.15) is 5.75 Å². The quantitative estimate of drug-likeness (QED) is 0.599. The molecule has 1 N–H and O–H groups in total. The van der Waals surface area contributed by atoms with E-state index in [9.17, 15) is 13.2 Å². The molecule has 6 nitrogen and oxygen atoms in total.